The lowest BCUT2D eigenvalue weighted by molar-refractivity contribution is -0.00598. The molecule has 1 aliphatic heterocycles. The highest BCUT2D eigenvalue weighted by atomic mass is 16.5. The molecule has 2 atom stereocenters. The number of likely N-dealkylation sites (tertiary alicyclic amines) is 1. The zero-order chi connectivity index (χ0) is 13.0. The van der Waals surface area contributed by atoms with Gasteiger partial charge in [0.25, 0.3) is 0 Å². The van der Waals surface area contributed by atoms with Crippen LogP contribution >= 0.6 is 0 Å². The van der Waals surface area contributed by atoms with Gasteiger partial charge in [-0.1, -0.05) is 12.1 Å². The second-order valence-electron chi connectivity index (χ2n) is 5.02. The molecule has 0 aliphatic carbocycles. The van der Waals surface area contributed by atoms with Crippen LogP contribution in [0.2, 0.25) is 0 Å². The summed E-state index contributed by atoms with van der Waals surface area (Å²) in [5.74, 6) is 0.654. The summed E-state index contributed by atoms with van der Waals surface area (Å²) < 4.78 is 7.38. The van der Waals surface area contributed by atoms with E-state index in [9.17, 15) is 0 Å². The highest BCUT2D eigenvalue weighted by molar-refractivity contribution is 4.90. The lowest BCUT2D eigenvalue weighted by Crippen LogP contribution is -2.44. The van der Waals surface area contributed by atoms with Crippen LogP contribution in [0.25, 0.3) is 0 Å². The molecule has 1 aromatic heterocycles. The van der Waals surface area contributed by atoms with Crippen molar-refractivity contribution in [1.29, 1.82) is 0 Å². The number of methoxy groups -OCH3 is 1. The smallest absolute Gasteiger partial charge is 0.0962 e. The van der Waals surface area contributed by atoms with Gasteiger partial charge < -0.3 is 10.5 Å². The fourth-order valence-electron chi connectivity index (χ4n) is 2.39. The molecular formula is C12H23N5O. The minimum Gasteiger partial charge on any atom is -0.380 e. The van der Waals surface area contributed by atoms with Crippen LogP contribution in [-0.2, 0) is 17.8 Å². The van der Waals surface area contributed by atoms with E-state index in [-0.39, 0.29) is 0 Å². The van der Waals surface area contributed by atoms with E-state index < -0.39 is 0 Å². The van der Waals surface area contributed by atoms with Crippen LogP contribution in [0.3, 0.4) is 0 Å². The molecule has 0 saturated carbocycles. The Morgan fingerprint density at radius 3 is 3.00 bits per heavy atom. The Labute approximate surface area is 108 Å². The van der Waals surface area contributed by atoms with Crippen LogP contribution in [0.15, 0.2) is 6.20 Å². The molecule has 1 saturated heterocycles. The van der Waals surface area contributed by atoms with Gasteiger partial charge in [-0.25, -0.2) is 0 Å². The number of ether oxygens (including phenoxy) is 1. The van der Waals surface area contributed by atoms with E-state index in [1.807, 2.05) is 10.9 Å². The molecule has 0 aromatic carbocycles. The van der Waals surface area contributed by atoms with Crippen molar-refractivity contribution in [2.75, 3.05) is 26.7 Å². The summed E-state index contributed by atoms with van der Waals surface area (Å²) in [6.45, 7) is 6.71. The molecular weight excluding hydrogens is 230 g/mol. The Morgan fingerprint density at radius 2 is 2.33 bits per heavy atom. The SMILES string of the molecule is COC1CN(CCn2cc(CN)nn2)CCC1C. The highest BCUT2D eigenvalue weighted by Crippen LogP contribution is 2.19. The summed E-state index contributed by atoms with van der Waals surface area (Å²) in [4.78, 5) is 2.43. The van der Waals surface area contributed by atoms with E-state index in [0.29, 0.717) is 18.6 Å². The van der Waals surface area contributed by atoms with Crippen LogP contribution in [0, 0.1) is 5.92 Å². The summed E-state index contributed by atoms with van der Waals surface area (Å²) in [6.07, 6.45) is 3.47. The average Bonchev–Trinajstić information content (AvgIpc) is 2.86. The number of hydrogen-bond acceptors (Lipinski definition) is 5. The first-order valence-corrected chi connectivity index (χ1v) is 6.57. The molecule has 1 aliphatic rings. The summed E-state index contributed by atoms with van der Waals surface area (Å²) in [5, 5.41) is 8.04. The van der Waals surface area contributed by atoms with E-state index in [4.69, 9.17) is 10.5 Å². The predicted molar refractivity (Wildman–Crippen MR) is 68.9 cm³/mol. The predicted octanol–water partition coefficient (Wildman–Crippen LogP) is 0.0936. The van der Waals surface area contributed by atoms with Crippen LogP contribution in [0.5, 0.6) is 0 Å². The maximum atomic E-state index is 5.51. The van der Waals surface area contributed by atoms with Crippen molar-refractivity contribution in [3.63, 3.8) is 0 Å². The van der Waals surface area contributed by atoms with Crippen molar-refractivity contribution in [3.8, 4) is 0 Å². The number of piperidine rings is 1. The molecule has 2 rings (SSSR count). The summed E-state index contributed by atoms with van der Waals surface area (Å²) in [6, 6.07) is 0. The van der Waals surface area contributed by atoms with Crippen molar-refractivity contribution in [3.05, 3.63) is 11.9 Å². The second-order valence-corrected chi connectivity index (χ2v) is 5.02. The lowest BCUT2D eigenvalue weighted by Gasteiger charge is -2.36. The van der Waals surface area contributed by atoms with E-state index in [1.54, 1.807) is 7.11 Å². The van der Waals surface area contributed by atoms with Crippen LogP contribution < -0.4 is 5.73 Å². The van der Waals surface area contributed by atoms with Crippen LogP contribution in [-0.4, -0.2) is 52.7 Å². The van der Waals surface area contributed by atoms with Gasteiger partial charge in [0.05, 0.1) is 18.3 Å². The van der Waals surface area contributed by atoms with Gasteiger partial charge in [0.15, 0.2) is 0 Å². The first kappa shape index (κ1) is 13.5. The standard InChI is InChI=1S/C12H23N5O/c1-10-3-4-16(9-12(10)18-2)5-6-17-8-11(7-13)14-15-17/h8,10,12H,3-7,9,13H2,1-2H3. The fraction of sp³-hybridized carbons (Fsp3) is 0.833. The third-order valence-corrected chi connectivity index (χ3v) is 3.72. The molecule has 0 spiro atoms. The first-order valence-electron chi connectivity index (χ1n) is 6.57. The van der Waals surface area contributed by atoms with Crippen molar-refractivity contribution in [2.24, 2.45) is 11.7 Å². The molecule has 0 amide bonds. The Hall–Kier alpha value is -0.980. The van der Waals surface area contributed by atoms with Gasteiger partial charge in [0.2, 0.25) is 0 Å². The Kier molecular flexibility index (Phi) is 4.68. The summed E-state index contributed by atoms with van der Waals surface area (Å²) >= 11 is 0. The van der Waals surface area contributed by atoms with Crippen molar-refractivity contribution >= 4 is 0 Å². The average molecular weight is 253 g/mol. The Balaban J connectivity index is 1.79. The van der Waals surface area contributed by atoms with Gasteiger partial charge in [-0.05, 0) is 18.9 Å². The number of nitrogens with two attached hydrogens (primary N) is 1. The van der Waals surface area contributed by atoms with Gasteiger partial charge in [-0.2, -0.15) is 0 Å². The fourth-order valence-corrected chi connectivity index (χ4v) is 2.39. The first-order chi connectivity index (χ1) is 8.72. The molecule has 1 aromatic rings. The second kappa shape index (κ2) is 6.26. The Bertz CT molecular complexity index is 367. The summed E-state index contributed by atoms with van der Waals surface area (Å²) in [7, 11) is 1.80. The molecule has 0 radical (unpaired) electrons. The number of hydrogen-bond donors (Lipinski definition) is 1. The van der Waals surface area contributed by atoms with Gasteiger partial charge in [-0.3, -0.25) is 9.58 Å². The molecule has 1 fully saturated rings. The molecule has 102 valence electrons. The maximum absolute atomic E-state index is 5.51. The molecule has 2 unspecified atom stereocenters. The van der Waals surface area contributed by atoms with Crippen molar-refractivity contribution in [1.82, 2.24) is 19.9 Å². The number of rotatable bonds is 5. The van der Waals surface area contributed by atoms with Crippen molar-refractivity contribution in [2.45, 2.75) is 32.5 Å². The zero-order valence-corrected chi connectivity index (χ0v) is 11.2. The van der Waals surface area contributed by atoms with Crippen LogP contribution in [0.4, 0.5) is 0 Å². The molecule has 2 N–H and O–H groups in total. The van der Waals surface area contributed by atoms with Gasteiger partial charge in [0, 0.05) is 32.9 Å². The molecule has 18 heavy (non-hydrogen) atoms. The topological polar surface area (TPSA) is 69.2 Å². The van der Waals surface area contributed by atoms with E-state index in [2.05, 4.69) is 22.1 Å². The minimum atomic E-state index is 0.356. The lowest BCUT2D eigenvalue weighted by atomic mass is 9.96. The van der Waals surface area contributed by atoms with Gasteiger partial charge in [0.1, 0.15) is 0 Å². The van der Waals surface area contributed by atoms with Gasteiger partial charge >= 0.3 is 0 Å². The number of aromatic nitrogens is 3. The molecule has 6 nitrogen and oxygen atoms in total. The maximum Gasteiger partial charge on any atom is 0.0962 e. The quantitative estimate of drug-likeness (QED) is 0.805. The van der Waals surface area contributed by atoms with E-state index in [0.717, 1.165) is 31.9 Å². The van der Waals surface area contributed by atoms with Crippen molar-refractivity contribution < 1.29 is 4.74 Å². The molecule has 2 heterocycles. The monoisotopic (exact) mass is 253 g/mol. The zero-order valence-electron chi connectivity index (χ0n) is 11.2. The highest BCUT2D eigenvalue weighted by Gasteiger charge is 2.25. The van der Waals surface area contributed by atoms with Crippen LogP contribution in [0.1, 0.15) is 19.0 Å². The van der Waals surface area contributed by atoms with E-state index in [1.165, 1.54) is 6.42 Å². The number of nitrogens with zero attached hydrogens (tertiary/aromatic N) is 4. The van der Waals surface area contributed by atoms with E-state index >= 15 is 0 Å². The normalized spacial score (nSPS) is 25.5. The minimum absolute atomic E-state index is 0.356. The molecule has 6 heteroatoms. The molecule has 0 bridgehead atoms. The van der Waals surface area contributed by atoms with Gasteiger partial charge in [-0.15, -0.1) is 5.10 Å². The summed E-state index contributed by atoms with van der Waals surface area (Å²) in [5.41, 5.74) is 6.36. The third kappa shape index (κ3) is 3.28. The Morgan fingerprint density at radius 1 is 1.50 bits per heavy atom. The largest absolute Gasteiger partial charge is 0.380 e. The third-order valence-electron chi connectivity index (χ3n) is 3.72.